The van der Waals surface area contributed by atoms with Gasteiger partial charge in [0.05, 0.1) is 0 Å². The van der Waals surface area contributed by atoms with Crippen LogP contribution >= 0.6 is 15.6 Å². The van der Waals surface area contributed by atoms with Gasteiger partial charge >= 0.3 is 0 Å². The Labute approximate surface area is 150 Å². The van der Waals surface area contributed by atoms with Crippen LogP contribution in [0.3, 0.4) is 0 Å². The molecule has 0 radical (unpaired) electrons. The summed E-state index contributed by atoms with van der Waals surface area (Å²) in [5.41, 5.74) is 4.44. The maximum absolute atomic E-state index is 8.55. The highest BCUT2D eigenvalue weighted by molar-refractivity contribution is 7.40. The van der Waals surface area contributed by atoms with Crippen molar-refractivity contribution >= 4 is 15.6 Å². The monoisotopic (exact) mass is 396 g/mol. The Morgan fingerprint density at radius 1 is 0.720 bits per heavy atom. The van der Waals surface area contributed by atoms with Crippen molar-refractivity contribution in [1.29, 1.82) is 0 Å². The predicted octanol–water partition coefficient (Wildman–Crippen LogP) is -0.224. The van der Waals surface area contributed by atoms with E-state index >= 15 is 0 Å². The summed E-state index contributed by atoms with van der Waals surface area (Å²) in [6, 6.07) is 0. The molecule has 0 fully saturated rings. The van der Waals surface area contributed by atoms with E-state index in [0.717, 1.165) is 0 Å². The molecule has 0 unspecified atom stereocenters. The predicted molar refractivity (Wildman–Crippen MR) is 86.3 cm³/mol. The lowest BCUT2D eigenvalue weighted by atomic mass is 10.1. The van der Waals surface area contributed by atoms with Gasteiger partial charge < -0.3 is 38.5 Å². The largest absolute Gasteiger partial charge is 0.822 e. The van der Waals surface area contributed by atoms with E-state index in [4.69, 9.17) is 38.5 Å². The van der Waals surface area contributed by atoms with Crippen molar-refractivity contribution < 1.29 is 38.5 Å². The highest BCUT2D eigenvalue weighted by Gasteiger charge is 1.90. The van der Waals surface area contributed by atoms with Crippen LogP contribution in [0.5, 0.6) is 0 Å². The standard InChI is InChI=1S/C15H26.2H3O4P/c1-6-14(4)10-8-12-15(5)11-7-9-13(2)3;2*1-5(2,3)4/h6,9,12H,7-8,10-11H2,1-5H3;2*(H3,1,2,3,4)/p-6. The van der Waals surface area contributed by atoms with Crippen molar-refractivity contribution in [2.24, 2.45) is 0 Å². The summed E-state index contributed by atoms with van der Waals surface area (Å²) < 4.78 is 17.1. The zero-order valence-corrected chi connectivity index (χ0v) is 17.0. The molecule has 0 N–H and O–H groups in total. The van der Waals surface area contributed by atoms with Crippen LogP contribution in [-0.4, -0.2) is 0 Å². The first-order valence-corrected chi connectivity index (χ1v) is 10.3. The average Bonchev–Trinajstić information content (AvgIpc) is 2.34. The highest BCUT2D eigenvalue weighted by atomic mass is 31.2. The molecule has 8 nitrogen and oxygen atoms in total. The molecule has 0 aromatic rings. The SMILES string of the molecule is CC=C(C)CCC=C(C)CCC=C(C)C.O=P([O-])([O-])[O-].O=P([O-])([O-])[O-]. The first-order valence-electron chi connectivity index (χ1n) is 7.43. The van der Waals surface area contributed by atoms with Gasteiger partial charge in [0.25, 0.3) is 0 Å². The molecule has 0 amide bonds. The second-order valence-electron chi connectivity index (χ2n) is 5.44. The smallest absolute Gasteiger partial charge is 0.0288 e. The first kappa shape index (κ1) is 29.2. The van der Waals surface area contributed by atoms with Crippen LogP contribution in [0.2, 0.25) is 0 Å². The van der Waals surface area contributed by atoms with Crippen molar-refractivity contribution in [3.8, 4) is 0 Å². The molecule has 0 atom stereocenters. The Kier molecular flexibility index (Phi) is 18.3. The molecule has 0 rings (SSSR count). The average molecular weight is 396 g/mol. The van der Waals surface area contributed by atoms with Crippen LogP contribution in [0.4, 0.5) is 0 Å². The quantitative estimate of drug-likeness (QED) is 0.437. The lowest BCUT2D eigenvalue weighted by Crippen LogP contribution is -2.24. The molecule has 0 bridgehead atoms. The Morgan fingerprint density at radius 2 is 1.04 bits per heavy atom. The van der Waals surface area contributed by atoms with Crippen LogP contribution in [0.1, 0.15) is 60.3 Å². The zero-order valence-electron chi connectivity index (χ0n) is 15.2. The molecule has 25 heavy (non-hydrogen) atoms. The molecule has 150 valence electrons. The van der Waals surface area contributed by atoms with Crippen LogP contribution in [-0.2, 0) is 9.13 Å². The van der Waals surface area contributed by atoms with E-state index in [1.54, 1.807) is 0 Å². The van der Waals surface area contributed by atoms with Gasteiger partial charge in [-0.25, -0.2) is 0 Å². The van der Waals surface area contributed by atoms with Gasteiger partial charge in [0.15, 0.2) is 0 Å². The fourth-order valence-corrected chi connectivity index (χ4v) is 1.38. The number of hydrogen-bond acceptors (Lipinski definition) is 8. The van der Waals surface area contributed by atoms with Gasteiger partial charge in [-0.15, -0.1) is 0 Å². The van der Waals surface area contributed by atoms with Gasteiger partial charge in [-0.1, -0.05) is 34.9 Å². The van der Waals surface area contributed by atoms with E-state index in [-0.39, 0.29) is 0 Å². The minimum atomic E-state index is -5.39. The molecule has 0 aromatic carbocycles. The summed E-state index contributed by atoms with van der Waals surface area (Å²) in [5.74, 6) is 0. The third-order valence-electron chi connectivity index (χ3n) is 2.62. The van der Waals surface area contributed by atoms with Gasteiger partial charge in [-0.3, -0.25) is 0 Å². The second kappa shape index (κ2) is 15.7. The van der Waals surface area contributed by atoms with E-state index in [1.807, 2.05) is 0 Å². The van der Waals surface area contributed by atoms with Crippen LogP contribution < -0.4 is 29.4 Å². The third kappa shape index (κ3) is 59.6. The summed E-state index contributed by atoms with van der Waals surface area (Å²) in [6.07, 6.45) is 11.7. The molecule has 0 aliphatic rings. The molecular weight excluding hydrogens is 370 g/mol. The van der Waals surface area contributed by atoms with Gasteiger partial charge in [0, 0.05) is 0 Å². The maximum atomic E-state index is 8.55. The van der Waals surface area contributed by atoms with Gasteiger partial charge in [0.2, 0.25) is 0 Å². The topological polar surface area (TPSA) is 172 Å². The molecule has 10 heteroatoms. The first-order chi connectivity index (χ1) is 11.1. The van der Waals surface area contributed by atoms with Crippen molar-refractivity contribution in [2.45, 2.75) is 60.3 Å². The van der Waals surface area contributed by atoms with Crippen molar-refractivity contribution in [2.75, 3.05) is 0 Å². The van der Waals surface area contributed by atoms with E-state index in [1.165, 1.54) is 42.4 Å². The Balaban J connectivity index is -0.000000396. The normalized spacial score (nSPS) is 12.4. The summed E-state index contributed by atoms with van der Waals surface area (Å²) in [7, 11) is -10.8. The number of rotatable bonds is 6. The van der Waals surface area contributed by atoms with Crippen molar-refractivity contribution in [1.82, 2.24) is 0 Å². The molecule has 0 heterocycles. The number of phosphoric acid groups is 2. The fraction of sp³-hybridized carbons (Fsp3) is 0.600. The number of hydrogen-bond donors (Lipinski definition) is 0. The highest BCUT2D eigenvalue weighted by Crippen LogP contribution is 2.11. The van der Waals surface area contributed by atoms with Crippen molar-refractivity contribution in [3.05, 3.63) is 34.9 Å². The molecule has 0 aromatic heterocycles. The second-order valence-corrected chi connectivity index (χ2v) is 7.23. The minimum absolute atomic E-state index is 1.19. The molecule has 0 saturated carbocycles. The summed E-state index contributed by atoms with van der Waals surface area (Å²) in [5, 5.41) is 0. The lowest BCUT2D eigenvalue weighted by Gasteiger charge is -2.36. The Morgan fingerprint density at radius 3 is 1.36 bits per heavy atom. The molecule has 0 aliphatic heterocycles. The third-order valence-corrected chi connectivity index (χ3v) is 2.62. The molecular formula is C15H26O8P2-6. The molecule has 0 spiro atoms. The van der Waals surface area contributed by atoms with E-state index in [9.17, 15) is 0 Å². The van der Waals surface area contributed by atoms with Gasteiger partial charge in [-0.05, 0) is 60.3 Å². The Hall–Kier alpha value is -0.560. The fourth-order valence-electron chi connectivity index (χ4n) is 1.38. The number of allylic oxidation sites excluding steroid dienone is 6. The zero-order chi connectivity index (χ0) is 20.7. The van der Waals surface area contributed by atoms with E-state index in [0.29, 0.717) is 0 Å². The van der Waals surface area contributed by atoms with Crippen LogP contribution in [0.25, 0.3) is 0 Å². The Bertz CT molecular complexity index is 485. The van der Waals surface area contributed by atoms with Gasteiger partial charge in [0.1, 0.15) is 0 Å². The molecule has 0 saturated heterocycles. The lowest BCUT2D eigenvalue weighted by molar-refractivity contribution is -0.434. The van der Waals surface area contributed by atoms with E-state index < -0.39 is 15.6 Å². The summed E-state index contributed by atoms with van der Waals surface area (Å²) in [6.45, 7) is 10.9. The minimum Gasteiger partial charge on any atom is -0.822 e. The summed E-state index contributed by atoms with van der Waals surface area (Å²) in [4.78, 5) is 51.3. The molecule has 0 aliphatic carbocycles. The van der Waals surface area contributed by atoms with Gasteiger partial charge in [-0.2, -0.15) is 15.6 Å². The summed E-state index contributed by atoms with van der Waals surface area (Å²) >= 11 is 0. The van der Waals surface area contributed by atoms with Crippen LogP contribution in [0, 0.1) is 0 Å². The maximum Gasteiger partial charge on any atom is -0.0288 e. The van der Waals surface area contributed by atoms with E-state index in [2.05, 4.69) is 52.8 Å². The van der Waals surface area contributed by atoms with Crippen molar-refractivity contribution in [3.63, 3.8) is 0 Å². The van der Waals surface area contributed by atoms with Crippen LogP contribution in [0.15, 0.2) is 34.9 Å².